The van der Waals surface area contributed by atoms with Crippen molar-refractivity contribution in [3.63, 3.8) is 0 Å². The van der Waals surface area contributed by atoms with Crippen molar-refractivity contribution in [1.29, 1.82) is 5.26 Å². The minimum Gasteiger partial charge on any atom is -0.355 e. The lowest BCUT2D eigenvalue weighted by Gasteiger charge is -2.29. The second-order valence-electron chi connectivity index (χ2n) is 4.36. The normalized spacial score (nSPS) is 26.3. The number of carbonyl (C=O) groups excluding carboxylic acids is 2. The number of imide groups is 1. The molecule has 1 aromatic carbocycles. The number of morpholine rings is 1. The van der Waals surface area contributed by atoms with Gasteiger partial charge < -0.3 is 4.74 Å². The Morgan fingerprint density at radius 3 is 2.50 bits per heavy atom. The molecule has 2 saturated heterocycles. The summed E-state index contributed by atoms with van der Waals surface area (Å²) in [6.45, 7) is 0. The van der Waals surface area contributed by atoms with Crippen LogP contribution in [0.1, 0.15) is 18.4 Å². The van der Waals surface area contributed by atoms with Gasteiger partial charge in [0, 0.05) is 0 Å². The van der Waals surface area contributed by atoms with Crippen LogP contribution >= 0.6 is 0 Å². The number of carbonyl (C=O) groups is 2. The van der Waals surface area contributed by atoms with Gasteiger partial charge in [0.2, 0.25) is 0 Å². The summed E-state index contributed by atoms with van der Waals surface area (Å²) in [7, 11) is 0. The maximum Gasteiger partial charge on any atom is 0.262 e. The molecular weight excluding hydrogens is 232 g/mol. The molecule has 0 spiro atoms. The van der Waals surface area contributed by atoms with Crippen LogP contribution in [0.25, 0.3) is 0 Å². The first-order valence-corrected chi connectivity index (χ1v) is 5.74. The average Bonchev–Trinajstić information content (AvgIpc) is 2.84. The molecule has 0 saturated carbocycles. The van der Waals surface area contributed by atoms with E-state index in [0.717, 1.165) is 4.90 Å². The van der Waals surface area contributed by atoms with E-state index in [1.807, 2.05) is 6.07 Å². The highest BCUT2D eigenvalue weighted by Gasteiger charge is 2.47. The average molecular weight is 242 g/mol. The summed E-state index contributed by atoms with van der Waals surface area (Å²) in [4.78, 5) is 25.3. The SMILES string of the molecule is N#Cc1cccc(N2C(=O)C3CCC(O3)C2=O)c1. The number of nitriles is 1. The molecule has 2 atom stereocenters. The highest BCUT2D eigenvalue weighted by molar-refractivity contribution is 6.19. The zero-order chi connectivity index (χ0) is 12.7. The first-order valence-electron chi connectivity index (χ1n) is 5.74. The minimum absolute atomic E-state index is 0.330. The van der Waals surface area contributed by atoms with Crippen LogP contribution in [-0.2, 0) is 14.3 Å². The van der Waals surface area contributed by atoms with Gasteiger partial charge in [-0.15, -0.1) is 0 Å². The van der Waals surface area contributed by atoms with Crippen LogP contribution in [-0.4, -0.2) is 24.0 Å². The second kappa shape index (κ2) is 3.93. The maximum absolute atomic E-state index is 12.1. The van der Waals surface area contributed by atoms with Crippen LogP contribution in [0, 0.1) is 11.3 Å². The summed E-state index contributed by atoms with van der Waals surface area (Å²) in [5, 5.41) is 8.85. The van der Waals surface area contributed by atoms with E-state index < -0.39 is 12.2 Å². The molecule has 0 aliphatic carbocycles. The Hall–Kier alpha value is -2.19. The Bertz CT molecular complexity index is 554. The van der Waals surface area contributed by atoms with Crippen molar-refractivity contribution in [1.82, 2.24) is 0 Å². The van der Waals surface area contributed by atoms with Crippen molar-refractivity contribution in [3.05, 3.63) is 29.8 Å². The van der Waals surface area contributed by atoms with Crippen molar-refractivity contribution >= 4 is 17.5 Å². The predicted octanol–water partition coefficient (Wildman–Crippen LogP) is 0.979. The molecule has 2 unspecified atom stereocenters. The molecule has 2 aliphatic rings. The number of ether oxygens (including phenoxy) is 1. The smallest absolute Gasteiger partial charge is 0.262 e. The summed E-state index contributed by atoms with van der Waals surface area (Å²) in [6, 6.07) is 8.48. The molecule has 2 aliphatic heterocycles. The number of hydrogen-bond acceptors (Lipinski definition) is 4. The number of amides is 2. The molecule has 2 bridgehead atoms. The molecule has 2 amide bonds. The molecule has 0 radical (unpaired) electrons. The summed E-state index contributed by atoms with van der Waals surface area (Å²) < 4.78 is 5.32. The van der Waals surface area contributed by atoms with E-state index in [1.165, 1.54) is 0 Å². The van der Waals surface area contributed by atoms with Crippen LogP contribution in [0.2, 0.25) is 0 Å². The molecule has 18 heavy (non-hydrogen) atoms. The lowest BCUT2D eigenvalue weighted by Crippen LogP contribution is -2.52. The van der Waals surface area contributed by atoms with Gasteiger partial charge in [-0.2, -0.15) is 5.26 Å². The van der Waals surface area contributed by atoms with Gasteiger partial charge in [0.05, 0.1) is 17.3 Å². The van der Waals surface area contributed by atoms with Crippen molar-refractivity contribution in [2.24, 2.45) is 0 Å². The second-order valence-corrected chi connectivity index (χ2v) is 4.36. The van der Waals surface area contributed by atoms with Gasteiger partial charge in [0.25, 0.3) is 11.8 Å². The van der Waals surface area contributed by atoms with E-state index in [1.54, 1.807) is 24.3 Å². The number of nitrogens with zero attached hydrogens (tertiary/aromatic N) is 2. The van der Waals surface area contributed by atoms with Crippen LogP contribution in [0.4, 0.5) is 5.69 Å². The third-order valence-electron chi connectivity index (χ3n) is 3.24. The molecular formula is C13H10N2O3. The Morgan fingerprint density at radius 2 is 1.89 bits per heavy atom. The zero-order valence-corrected chi connectivity index (χ0v) is 9.50. The summed E-state index contributed by atoms with van der Waals surface area (Å²) in [5.74, 6) is -0.660. The van der Waals surface area contributed by atoms with Crippen molar-refractivity contribution in [2.45, 2.75) is 25.0 Å². The Kier molecular flexibility index (Phi) is 2.39. The third kappa shape index (κ3) is 1.50. The summed E-state index contributed by atoms with van der Waals surface area (Å²) in [6.07, 6.45) is 0.143. The Morgan fingerprint density at radius 1 is 1.22 bits per heavy atom. The Labute approximate surface area is 104 Å². The van der Waals surface area contributed by atoms with E-state index in [4.69, 9.17) is 10.00 Å². The lowest BCUT2D eigenvalue weighted by atomic mass is 10.1. The highest BCUT2D eigenvalue weighted by Crippen LogP contribution is 2.31. The standard InChI is InChI=1S/C13H10N2O3/c14-7-8-2-1-3-9(6-8)15-12(16)10-4-5-11(18-10)13(15)17/h1-3,6,10-11H,4-5H2. The number of benzene rings is 1. The van der Waals surface area contributed by atoms with Gasteiger partial charge in [0.15, 0.2) is 0 Å². The van der Waals surface area contributed by atoms with Gasteiger partial charge in [-0.25, -0.2) is 4.90 Å². The van der Waals surface area contributed by atoms with Crippen LogP contribution in [0.3, 0.4) is 0 Å². The molecule has 0 aromatic heterocycles. The molecule has 1 aromatic rings. The lowest BCUT2D eigenvalue weighted by molar-refractivity contribution is -0.146. The fourth-order valence-electron chi connectivity index (χ4n) is 2.37. The molecule has 5 heteroatoms. The minimum atomic E-state index is -0.515. The van der Waals surface area contributed by atoms with E-state index in [9.17, 15) is 9.59 Å². The number of hydrogen-bond donors (Lipinski definition) is 0. The fourth-order valence-corrected chi connectivity index (χ4v) is 2.37. The van der Waals surface area contributed by atoms with Gasteiger partial charge in [-0.1, -0.05) is 6.07 Å². The molecule has 90 valence electrons. The topological polar surface area (TPSA) is 70.4 Å². The predicted molar refractivity (Wildman–Crippen MR) is 61.5 cm³/mol. The van der Waals surface area contributed by atoms with Crippen LogP contribution in [0.5, 0.6) is 0 Å². The van der Waals surface area contributed by atoms with E-state index >= 15 is 0 Å². The first-order chi connectivity index (χ1) is 8.70. The first kappa shape index (κ1) is 10.9. The largest absolute Gasteiger partial charge is 0.355 e. The summed E-state index contributed by atoms with van der Waals surface area (Å²) >= 11 is 0. The Balaban J connectivity index is 2.02. The molecule has 3 rings (SSSR count). The maximum atomic E-state index is 12.1. The number of rotatable bonds is 1. The van der Waals surface area contributed by atoms with Crippen molar-refractivity contribution < 1.29 is 14.3 Å². The van der Waals surface area contributed by atoms with Crippen molar-refractivity contribution in [3.8, 4) is 6.07 Å². The third-order valence-corrected chi connectivity index (χ3v) is 3.24. The molecule has 2 heterocycles. The van der Waals surface area contributed by atoms with Crippen LogP contribution in [0.15, 0.2) is 24.3 Å². The molecule has 5 nitrogen and oxygen atoms in total. The van der Waals surface area contributed by atoms with Gasteiger partial charge in [-0.3, -0.25) is 9.59 Å². The van der Waals surface area contributed by atoms with Gasteiger partial charge in [0.1, 0.15) is 12.2 Å². The van der Waals surface area contributed by atoms with E-state index in [0.29, 0.717) is 24.1 Å². The number of anilines is 1. The quantitative estimate of drug-likeness (QED) is 0.688. The van der Waals surface area contributed by atoms with E-state index in [2.05, 4.69) is 0 Å². The van der Waals surface area contributed by atoms with E-state index in [-0.39, 0.29) is 11.8 Å². The number of fused-ring (bicyclic) bond motifs is 2. The van der Waals surface area contributed by atoms with Crippen LogP contribution < -0.4 is 4.90 Å². The molecule has 0 N–H and O–H groups in total. The van der Waals surface area contributed by atoms with Gasteiger partial charge in [-0.05, 0) is 31.0 Å². The molecule has 2 fully saturated rings. The van der Waals surface area contributed by atoms with Gasteiger partial charge >= 0.3 is 0 Å². The zero-order valence-electron chi connectivity index (χ0n) is 9.50. The highest BCUT2D eigenvalue weighted by atomic mass is 16.5. The van der Waals surface area contributed by atoms with Crippen molar-refractivity contribution in [2.75, 3.05) is 4.90 Å². The fraction of sp³-hybridized carbons (Fsp3) is 0.308. The monoisotopic (exact) mass is 242 g/mol. The summed E-state index contributed by atoms with van der Waals surface area (Å²) in [5.41, 5.74) is 0.871.